The van der Waals surface area contributed by atoms with Crippen molar-refractivity contribution >= 4 is 5.91 Å². The van der Waals surface area contributed by atoms with Crippen LogP contribution in [0.5, 0.6) is 0 Å². The molecule has 0 fully saturated rings. The molecule has 2 heteroatoms. The molecule has 0 heterocycles. The molecule has 0 saturated carbocycles. The van der Waals surface area contributed by atoms with Crippen molar-refractivity contribution in [3.63, 3.8) is 0 Å². The molecule has 0 aliphatic heterocycles. The first kappa shape index (κ1) is 12.5. The van der Waals surface area contributed by atoms with E-state index in [9.17, 15) is 4.79 Å². The minimum absolute atomic E-state index is 0.204. The average molecular weight is 185 g/mol. The summed E-state index contributed by atoms with van der Waals surface area (Å²) < 4.78 is 0. The summed E-state index contributed by atoms with van der Waals surface area (Å²) in [4.78, 5) is 11.4. The highest BCUT2D eigenvalue weighted by molar-refractivity contribution is 5.76. The lowest BCUT2D eigenvalue weighted by molar-refractivity contribution is -0.122. The average Bonchev–Trinajstić information content (AvgIpc) is 2.02. The number of carbonyl (C=O) groups is 1. The maximum absolute atomic E-state index is 11.4. The molecule has 2 nitrogen and oxygen atoms in total. The van der Waals surface area contributed by atoms with Crippen LogP contribution in [0.25, 0.3) is 0 Å². The Balaban J connectivity index is 3.73. The van der Waals surface area contributed by atoms with Gasteiger partial charge in [0.25, 0.3) is 0 Å². The van der Waals surface area contributed by atoms with Crippen molar-refractivity contribution in [2.24, 2.45) is 5.92 Å². The first-order valence-corrected chi connectivity index (χ1v) is 5.39. The summed E-state index contributed by atoms with van der Waals surface area (Å²) >= 11 is 0. The van der Waals surface area contributed by atoms with Crippen LogP contribution in [0.4, 0.5) is 0 Å². The van der Waals surface area contributed by atoms with Crippen LogP contribution in [-0.4, -0.2) is 11.9 Å². The van der Waals surface area contributed by atoms with E-state index in [4.69, 9.17) is 0 Å². The van der Waals surface area contributed by atoms with Gasteiger partial charge in [0, 0.05) is 12.5 Å². The van der Waals surface area contributed by atoms with Gasteiger partial charge in [0.1, 0.15) is 0 Å². The van der Waals surface area contributed by atoms with Gasteiger partial charge in [0.05, 0.1) is 0 Å². The van der Waals surface area contributed by atoms with Crippen molar-refractivity contribution < 1.29 is 4.79 Å². The molecule has 0 aromatic carbocycles. The van der Waals surface area contributed by atoms with E-state index in [2.05, 4.69) is 33.0 Å². The summed E-state index contributed by atoms with van der Waals surface area (Å²) in [5.74, 6) is 0.662. The summed E-state index contributed by atoms with van der Waals surface area (Å²) in [5.41, 5.74) is 0. The summed E-state index contributed by atoms with van der Waals surface area (Å²) in [7, 11) is 0. The molecule has 0 aliphatic rings. The predicted octanol–water partition coefficient (Wildman–Crippen LogP) is 2.73. The van der Waals surface area contributed by atoms with E-state index in [0.29, 0.717) is 18.4 Å². The molecule has 1 atom stereocenters. The lowest BCUT2D eigenvalue weighted by Crippen LogP contribution is -2.34. The van der Waals surface area contributed by atoms with Crippen molar-refractivity contribution in [3.8, 4) is 0 Å². The molecule has 0 spiro atoms. The SMILES string of the molecule is CCCC(CC)NC(=O)CC(C)C. The Morgan fingerprint density at radius 3 is 2.31 bits per heavy atom. The van der Waals surface area contributed by atoms with Gasteiger partial charge in [-0.15, -0.1) is 0 Å². The summed E-state index contributed by atoms with van der Waals surface area (Å²) in [6.07, 6.45) is 3.93. The first-order chi connectivity index (χ1) is 6.10. The highest BCUT2D eigenvalue weighted by Gasteiger charge is 2.10. The summed E-state index contributed by atoms with van der Waals surface area (Å²) in [6.45, 7) is 8.41. The molecule has 1 N–H and O–H groups in total. The zero-order valence-electron chi connectivity index (χ0n) is 9.39. The number of rotatable bonds is 6. The van der Waals surface area contributed by atoms with Crippen molar-refractivity contribution in [1.82, 2.24) is 5.32 Å². The molecule has 0 rings (SSSR count). The van der Waals surface area contributed by atoms with E-state index in [0.717, 1.165) is 19.3 Å². The lowest BCUT2D eigenvalue weighted by Gasteiger charge is -2.16. The van der Waals surface area contributed by atoms with Crippen LogP contribution in [0.1, 0.15) is 53.4 Å². The fourth-order valence-corrected chi connectivity index (χ4v) is 1.38. The van der Waals surface area contributed by atoms with Crippen LogP contribution in [0, 0.1) is 5.92 Å². The molecule has 1 amide bonds. The minimum atomic E-state index is 0.204. The molecule has 0 aromatic heterocycles. The van der Waals surface area contributed by atoms with Crippen LogP contribution in [0.15, 0.2) is 0 Å². The summed E-state index contributed by atoms with van der Waals surface area (Å²) in [5, 5.41) is 3.06. The third kappa shape index (κ3) is 6.62. The van der Waals surface area contributed by atoms with Crippen LogP contribution < -0.4 is 5.32 Å². The maximum Gasteiger partial charge on any atom is 0.220 e. The van der Waals surface area contributed by atoms with Crippen molar-refractivity contribution in [2.45, 2.75) is 59.4 Å². The number of amides is 1. The monoisotopic (exact) mass is 185 g/mol. The van der Waals surface area contributed by atoms with Gasteiger partial charge >= 0.3 is 0 Å². The zero-order valence-corrected chi connectivity index (χ0v) is 9.39. The molecule has 0 aromatic rings. The Bertz CT molecular complexity index is 143. The molecule has 0 aliphatic carbocycles. The number of hydrogen-bond donors (Lipinski definition) is 1. The maximum atomic E-state index is 11.4. The number of hydrogen-bond acceptors (Lipinski definition) is 1. The fraction of sp³-hybridized carbons (Fsp3) is 0.909. The van der Waals surface area contributed by atoms with Gasteiger partial charge in [-0.25, -0.2) is 0 Å². The highest BCUT2D eigenvalue weighted by Crippen LogP contribution is 2.04. The minimum Gasteiger partial charge on any atom is -0.353 e. The van der Waals surface area contributed by atoms with Crippen LogP contribution in [0.2, 0.25) is 0 Å². The van der Waals surface area contributed by atoms with E-state index < -0.39 is 0 Å². The van der Waals surface area contributed by atoms with Crippen LogP contribution >= 0.6 is 0 Å². The molecule has 0 bridgehead atoms. The van der Waals surface area contributed by atoms with Crippen molar-refractivity contribution in [1.29, 1.82) is 0 Å². The molecule has 1 unspecified atom stereocenters. The fourth-order valence-electron chi connectivity index (χ4n) is 1.38. The molecule has 78 valence electrons. The van der Waals surface area contributed by atoms with E-state index in [1.165, 1.54) is 0 Å². The van der Waals surface area contributed by atoms with E-state index in [1.807, 2.05) is 0 Å². The third-order valence-electron chi connectivity index (χ3n) is 2.09. The van der Waals surface area contributed by atoms with Crippen LogP contribution in [0.3, 0.4) is 0 Å². The summed E-state index contributed by atoms with van der Waals surface area (Å²) in [6, 6.07) is 0.385. The molecular weight excluding hydrogens is 162 g/mol. The van der Waals surface area contributed by atoms with E-state index in [-0.39, 0.29) is 5.91 Å². The van der Waals surface area contributed by atoms with Gasteiger partial charge < -0.3 is 5.32 Å². The second-order valence-electron chi connectivity index (χ2n) is 4.06. The van der Waals surface area contributed by atoms with Gasteiger partial charge in [0.2, 0.25) is 5.91 Å². The molecule has 0 radical (unpaired) electrons. The van der Waals surface area contributed by atoms with Gasteiger partial charge in [-0.2, -0.15) is 0 Å². The molecule has 13 heavy (non-hydrogen) atoms. The van der Waals surface area contributed by atoms with Gasteiger partial charge in [-0.05, 0) is 18.8 Å². The topological polar surface area (TPSA) is 29.1 Å². The quantitative estimate of drug-likeness (QED) is 0.677. The predicted molar refractivity (Wildman–Crippen MR) is 56.6 cm³/mol. The zero-order chi connectivity index (χ0) is 10.3. The molecular formula is C11H23NO. The van der Waals surface area contributed by atoms with E-state index >= 15 is 0 Å². The molecule has 0 saturated heterocycles. The Kier molecular flexibility index (Phi) is 6.65. The van der Waals surface area contributed by atoms with Crippen molar-refractivity contribution in [2.75, 3.05) is 0 Å². The smallest absolute Gasteiger partial charge is 0.220 e. The Morgan fingerprint density at radius 2 is 1.92 bits per heavy atom. The van der Waals surface area contributed by atoms with Gasteiger partial charge in [0.15, 0.2) is 0 Å². The lowest BCUT2D eigenvalue weighted by atomic mass is 10.1. The number of carbonyl (C=O) groups excluding carboxylic acids is 1. The largest absolute Gasteiger partial charge is 0.353 e. The van der Waals surface area contributed by atoms with E-state index in [1.54, 1.807) is 0 Å². The highest BCUT2D eigenvalue weighted by atomic mass is 16.1. The first-order valence-electron chi connectivity index (χ1n) is 5.39. The standard InChI is InChI=1S/C11H23NO/c1-5-7-10(6-2)12-11(13)8-9(3)4/h9-10H,5-8H2,1-4H3,(H,12,13). The Hall–Kier alpha value is -0.530. The Morgan fingerprint density at radius 1 is 1.31 bits per heavy atom. The Labute approximate surface area is 82.1 Å². The van der Waals surface area contributed by atoms with Gasteiger partial charge in [-0.1, -0.05) is 34.1 Å². The number of nitrogens with one attached hydrogen (secondary N) is 1. The second-order valence-corrected chi connectivity index (χ2v) is 4.06. The normalized spacial score (nSPS) is 13.0. The second kappa shape index (κ2) is 6.93. The van der Waals surface area contributed by atoms with Crippen molar-refractivity contribution in [3.05, 3.63) is 0 Å². The van der Waals surface area contributed by atoms with Gasteiger partial charge in [-0.3, -0.25) is 4.79 Å². The van der Waals surface area contributed by atoms with Crippen LogP contribution in [-0.2, 0) is 4.79 Å². The third-order valence-corrected chi connectivity index (χ3v) is 2.09.